The summed E-state index contributed by atoms with van der Waals surface area (Å²) < 4.78 is 4.87. The Morgan fingerprint density at radius 2 is 1.94 bits per heavy atom. The van der Waals surface area contributed by atoms with Gasteiger partial charge in [0.25, 0.3) is 0 Å². The smallest absolute Gasteiger partial charge is 0.307 e. The Hall–Kier alpha value is -1.84. The van der Waals surface area contributed by atoms with Gasteiger partial charge in [0.15, 0.2) is 0 Å². The molecule has 0 aliphatic heterocycles. The van der Waals surface area contributed by atoms with Crippen molar-refractivity contribution in [1.82, 2.24) is 0 Å². The van der Waals surface area contributed by atoms with Crippen LogP contribution < -0.4 is 0 Å². The molecule has 0 amide bonds. The number of esters is 1. The highest BCUT2D eigenvalue weighted by Crippen LogP contribution is 2.16. The molecule has 0 fully saturated rings. The summed E-state index contributed by atoms with van der Waals surface area (Å²) in [6.07, 6.45) is 0.919. The molecule has 0 saturated carbocycles. The fourth-order valence-electron chi connectivity index (χ4n) is 1.83. The summed E-state index contributed by atoms with van der Waals surface area (Å²) in [5.74, 6) is -1.07. The number of aryl methyl sites for hydroxylation is 1. The second-order valence-electron chi connectivity index (χ2n) is 4.08. The SMILES string of the molecule is CCOC(=O)CCc1cccc(CC(=O)O)c1C. The second-order valence-corrected chi connectivity index (χ2v) is 4.08. The standard InChI is InChI=1S/C14H18O4/c1-3-18-14(17)8-7-11-5-4-6-12(10(11)2)9-13(15)16/h4-6H,3,7-9H2,1-2H3,(H,15,16). The van der Waals surface area contributed by atoms with Gasteiger partial charge in [-0.25, -0.2) is 0 Å². The molecule has 0 bridgehead atoms. The van der Waals surface area contributed by atoms with Gasteiger partial charge in [-0.2, -0.15) is 0 Å². The third kappa shape index (κ3) is 4.20. The number of hydrogen-bond donors (Lipinski definition) is 1. The topological polar surface area (TPSA) is 63.6 Å². The minimum atomic E-state index is -0.847. The molecule has 0 spiro atoms. The second kappa shape index (κ2) is 6.79. The lowest BCUT2D eigenvalue weighted by Gasteiger charge is -2.09. The van der Waals surface area contributed by atoms with E-state index in [0.29, 0.717) is 19.4 Å². The van der Waals surface area contributed by atoms with Crippen LogP contribution in [0.15, 0.2) is 18.2 Å². The van der Waals surface area contributed by atoms with Gasteiger partial charge in [0.05, 0.1) is 13.0 Å². The van der Waals surface area contributed by atoms with Crippen LogP contribution in [0.25, 0.3) is 0 Å². The fraction of sp³-hybridized carbons (Fsp3) is 0.429. The van der Waals surface area contributed by atoms with Crippen LogP contribution in [0.5, 0.6) is 0 Å². The predicted molar refractivity (Wildman–Crippen MR) is 67.5 cm³/mol. The van der Waals surface area contributed by atoms with Gasteiger partial charge in [-0.3, -0.25) is 9.59 Å². The summed E-state index contributed by atoms with van der Waals surface area (Å²) in [7, 11) is 0. The lowest BCUT2D eigenvalue weighted by Crippen LogP contribution is -2.07. The van der Waals surface area contributed by atoms with Gasteiger partial charge in [0.2, 0.25) is 0 Å². The lowest BCUT2D eigenvalue weighted by molar-refractivity contribution is -0.143. The molecule has 0 aliphatic rings. The van der Waals surface area contributed by atoms with Gasteiger partial charge in [-0.15, -0.1) is 0 Å². The van der Waals surface area contributed by atoms with Crippen molar-refractivity contribution in [3.63, 3.8) is 0 Å². The molecule has 0 heterocycles. The molecule has 0 atom stereocenters. The normalized spacial score (nSPS) is 10.1. The van der Waals surface area contributed by atoms with Crippen molar-refractivity contribution in [2.24, 2.45) is 0 Å². The first-order chi connectivity index (χ1) is 8.54. The highest BCUT2D eigenvalue weighted by atomic mass is 16.5. The summed E-state index contributed by atoms with van der Waals surface area (Å²) in [5, 5.41) is 8.80. The zero-order chi connectivity index (χ0) is 13.5. The lowest BCUT2D eigenvalue weighted by atomic mass is 9.97. The van der Waals surface area contributed by atoms with Crippen molar-refractivity contribution in [3.8, 4) is 0 Å². The molecule has 1 N–H and O–H groups in total. The highest BCUT2D eigenvalue weighted by Gasteiger charge is 2.09. The van der Waals surface area contributed by atoms with Crippen LogP contribution in [-0.2, 0) is 27.2 Å². The number of hydrogen-bond acceptors (Lipinski definition) is 3. The monoisotopic (exact) mass is 250 g/mol. The molecule has 0 radical (unpaired) electrons. The van der Waals surface area contributed by atoms with Crippen LogP contribution in [0, 0.1) is 6.92 Å². The van der Waals surface area contributed by atoms with E-state index in [0.717, 1.165) is 16.7 Å². The number of carbonyl (C=O) groups excluding carboxylic acids is 1. The van der Waals surface area contributed by atoms with Crippen molar-refractivity contribution in [3.05, 3.63) is 34.9 Å². The molecular weight excluding hydrogens is 232 g/mol. The maximum absolute atomic E-state index is 11.3. The van der Waals surface area contributed by atoms with Gasteiger partial charge in [-0.1, -0.05) is 18.2 Å². The average molecular weight is 250 g/mol. The maximum atomic E-state index is 11.3. The van der Waals surface area contributed by atoms with E-state index >= 15 is 0 Å². The number of ether oxygens (including phenoxy) is 1. The van der Waals surface area contributed by atoms with Gasteiger partial charge < -0.3 is 9.84 Å². The van der Waals surface area contributed by atoms with Crippen LogP contribution in [0.3, 0.4) is 0 Å². The molecule has 0 aromatic heterocycles. The van der Waals surface area contributed by atoms with Crippen LogP contribution in [0.2, 0.25) is 0 Å². The Morgan fingerprint density at radius 3 is 2.56 bits per heavy atom. The molecule has 1 rings (SSSR count). The summed E-state index contributed by atoms with van der Waals surface area (Å²) in [6, 6.07) is 5.54. The number of carboxylic acids is 1. The van der Waals surface area contributed by atoms with E-state index in [4.69, 9.17) is 9.84 Å². The molecule has 1 aromatic rings. The predicted octanol–water partition coefficient (Wildman–Crippen LogP) is 2.12. The first-order valence-electron chi connectivity index (χ1n) is 5.99. The Bertz CT molecular complexity index is 437. The van der Waals surface area contributed by atoms with Crippen molar-refractivity contribution >= 4 is 11.9 Å². The third-order valence-electron chi connectivity index (χ3n) is 2.80. The van der Waals surface area contributed by atoms with E-state index in [1.165, 1.54) is 0 Å². The van der Waals surface area contributed by atoms with E-state index < -0.39 is 5.97 Å². The van der Waals surface area contributed by atoms with E-state index in [-0.39, 0.29) is 12.4 Å². The summed E-state index contributed by atoms with van der Waals surface area (Å²) in [6.45, 7) is 4.05. The van der Waals surface area contributed by atoms with Crippen LogP contribution in [0.4, 0.5) is 0 Å². The molecule has 1 aromatic carbocycles. The number of carbonyl (C=O) groups is 2. The highest BCUT2D eigenvalue weighted by molar-refractivity contribution is 5.71. The Kier molecular flexibility index (Phi) is 5.36. The van der Waals surface area contributed by atoms with E-state index in [1.54, 1.807) is 13.0 Å². The molecule has 98 valence electrons. The summed E-state index contributed by atoms with van der Waals surface area (Å²) in [4.78, 5) is 22.0. The number of benzene rings is 1. The van der Waals surface area contributed by atoms with Crippen LogP contribution >= 0.6 is 0 Å². The largest absolute Gasteiger partial charge is 0.481 e. The van der Waals surface area contributed by atoms with E-state index in [2.05, 4.69) is 0 Å². The Labute approximate surface area is 107 Å². The van der Waals surface area contributed by atoms with Gasteiger partial charge in [0, 0.05) is 6.42 Å². The van der Waals surface area contributed by atoms with Crippen molar-refractivity contribution in [2.75, 3.05) is 6.61 Å². The van der Waals surface area contributed by atoms with Crippen molar-refractivity contribution < 1.29 is 19.4 Å². The zero-order valence-corrected chi connectivity index (χ0v) is 10.7. The zero-order valence-electron chi connectivity index (χ0n) is 10.7. The fourth-order valence-corrected chi connectivity index (χ4v) is 1.83. The van der Waals surface area contributed by atoms with Gasteiger partial charge in [-0.05, 0) is 37.0 Å². The maximum Gasteiger partial charge on any atom is 0.307 e. The average Bonchev–Trinajstić information content (AvgIpc) is 2.30. The van der Waals surface area contributed by atoms with Crippen molar-refractivity contribution in [2.45, 2.75) is 33.1 Å². The first-order valence-corrected chi connectivity index (χ1v) is 5.99. The van der Waals surface area contributed by atoms with Crippen LogP contribution in [-0.4, -0.2) is 23.7 Å². The molecule has 18 heavy (non-hydrogen) atoms. The molecule has 0 aliphatic carbocycles. The number of carboxylic acid groups (broad SMARTS) is 1. The minimum absolute atomic E-state index is 0.0130. The summed E-state index contributed by atoms with van der Waals surface area (Å²) >= 11 is 0. The van der Waals surface area contributed by atoms with Crippen LogP contribution in [0.1, 0.15) is 30.0 Å². The van der Waals surface area contributed by atoms with Crippen molar-refractivity contribution in [1.29, 1.82) is 0 Å². The molecular formula is C14H18O4. The number of rotatable bonds is 6. The molecule has 0 saturated heterocycles. The first kappa shape index (κ1) is 14.2. The third-order valence-corrected chi connectivity index (χ3v) is 2.80. The quantitative estimate of drug-likeness (QED) is 0.785. The Morgan fingerprint density at radius 1 is 1.28 bits per heavy atom. The molecule has 4 nitrogen and oxygen atoms in total. The summed E-state index contributed by atoms with van der Waals surface area (Å²) in [5.41, 5.74) is 2.75. The minimum Gasteiger partial charge on any atom is -0.481 e. The molecule has 4 heteroatoms. The molecule has 0 unspecified atom stereocenters. The Balaban J connectivity index is 2.71. The van der Waals surface area contributed by atoms with E-state index in [9.17, 15) is 9.59 Å². The van der Waals surface area contributed by atoms with Gasteiger partial charge >= 0.3 is 11.9 Å². The van der Waals surface area contributed by atoms with E-state index in [1.807, 2.05) is 19.1 Å². The van der Waals surface area contributed by atoms with Gasteiger partial charge in [0.1, 0.15) is 0 Å². The number of aliphatic carboxylic acids is 1.